The van der Waals surface area contributed by atoms with Crippen molar-refractivity contribution in [3.8, 4) is 6.07 Å². The predicted molar refractivity (Wildman–Crippen MR) is 43.8 cm³/mol. The SMILES string of the molecule is CC1=C(C#N)[C@H](S)NC(=O)C1. The van der Waals surface area contributed by atoms with E-state index in [2.05, 4.69) is 17.9 Å². The van der Waals surface area contributed by atoms with Gasteiger partial charge in [0.2, 0.25) is 5.91 Å². The molecule has 1 aliphatic rings. The third-order valence-electron chi connectivity index (χ3n) is 1.58. The minimum Gasteiger partial charge on any atom is -0.339 e. The molecule has 0 aromatic heterocycles. The average Bonchev–Trinajstić information content (AvgIpc) is 1.85. The average molecular weight is 168 g/mol. The molecule has 1 rings (SSSR count). The fraction of sp³-hybridized carbons (Fsp3) is 0.429. The summed E-state index contributed by atoms with van der Waals surface area (Å²) in [5.41, 5.74) is 1.38. The number of nitriles is 1. The van der Waals surface area contributed by atoms with Gasteiger partial charge in [-0.05, 0) is 12.5 Å². The van der Waals surface area contributed by atoms with Crippen LogP contribution in [0.25, 0.3) is 0 Å². The molecule has 1 N–H and O–H groups in total. The van der Waals surface area contributed by atoms with Crippen molar-refractivity contribution in [1.29, 1.82) is 5.26 Å². The summed E-state index contributed by atoms with van der Waals surface area (Å²) in [6.07, 6.45) is 0.319. The van der Waals surface area contributed by atoms with Crippen molar-refractivity contribution in [1.82, 2.24) is 5.32 Å². The topological polar surface area (TPSA) is 52.9 Å². The maximum Gasteiger partial charge on any atom is 0.225 e. The van der Waals surface area contributed by atoms with Crippen LogP contribution in [0.2, 0.25) is 0 Å². The predicted octanol–water partition coefficient (Wildman–Crippen LogP) is 0.602. The van der Waals surface area contributed by atoms with Crippen LogP contribution in [-0.2, 0) is 4.79 Å². The first-order valence-electron chi connectivity index (χ1n) is 3.22. The lowest BCUT2D eigenvalue weighted by molar-refractivity contribution is -0.120. The molecule has 4 heteroatoms. The van der Waals surface area contributed by atoms with Crippen LogP contribution in [0.15, 0.2) is 11.1 Å². The van der Waals surface area contributed by atoms with Crippen molar-refractivity contribution in [2.75, 3.05) is 0 Å². The van der Waals surface area contributed by atoms with Crippen LogP contribution < -0.4 is 5.32 Å². The Balaban J connectivity index is 2.97. The number of nitrogens with one attached hydrogen (secondary N) is 1. The van der Waals surface area contributed by atoms with Gasteiger partial charge in [0, 0.05) is 6.42 Å². The van der Waals surface area contributed by atoms with Crippen LogP contribution in [0.1, 0.15) is 13.3 Å². The Bertz CT molecular complexity index is 264. The molecule has 3 nitrogen and oxygen atoms in total. The molecule has 1 amide bonds. The number of amides is 1. The van der Waals surface area contributed by atoms with Crippen LogP contribution >= 0.6 is 12.6 Å². The molecule has 0 bridgehead atoms. The molecule has 0 aliphatic carbocycles. The van der Waals surface area contributed by atoms with E-state index in [1.54, 1.807) is 6.92 Å². The summed E-state index contributed by atoms with van der Waals surface area (Å²) in [7, 11) is 0. The second kappa shape index (κ2) is 2.97. The van der Waals surface area contributed by atoms with Gasteiger partial charge in [-0.3, -0.25) is 4.79 Å². The van der Waals surface area contributed by atoms with E-state index in [9.17, 15) is 4.79 Å². The van der Waals surface area contributed by atoms with Crippen LogP contribution in [-0.4, -0.2) is 11.3 Å². The van der Waals surface area contributed by atoms with Gasteiger partial charge in [-0.15, -0.1) is 12.6 Å². The van der Waals surface area contributed by atoms with Gasteiger partial charge < -0.3 is 5.32 Å². The van der Waals surface area contributed by atoms with E-state index in [0.717, 1.165) is 5.57 Å². The highest BCUT2D eigenvalue weighted by Gasteiger charge is 2.21. The molecule has 0 spiro atoms. The Kier molecular flexibility index (Phi) is 2.20. The van der Waals surface area contributed by atoms with Gasteiger partial charge in [0.05, 0.1) is 11.6 Å². The lowest BCUT2D eigenvalue weighted by Crippen LogP contribution is -2.36. The lowest BCUT2D eigenvalue weighted by Gasteiger charge is -2.19. The first-order chi connectivity index (χ1) is 5.15. The van der Waals surface area contributed by atoms with Crippen molar-refractivity contribution in [2.45, 2.75) is 18.7 Å². The number of carbonyl (C=O) groups is 1. The highest BCUT2D eigenvalue weighted by atomic mass is 32.1. The Morgan fingerprint density at radius 3 is 2.91 bits per heavy atom. The molecular formula is C7H8N2OS. The van der Waals surface area contributed by atoms with E-state index in [4.69, 9.17) is 5.26 Å². The minimum absolute atomic E-state index is 0.0681. The van der Waals surface area contributed by atoms with Crippen molar-refractivity contribution in [3.63, 3.8) is 0 Å². The van der Waals surface area contributed by atoms with Crippen molar-refractivity contribution in [2.24, 2.45) is 0 Å². The van der Waals surface area contributed by atoms with Crippen LogP contribution in [0.3, 0.4) is 0 Å². The molecular weight excluding hydrogens is 160 g/mol. The van der Waals surface area contributed by atoms with Crippen molar-refractivity contribution >= 4 is 18.5 Å². The third-order valence-corrected chi connectivity index (χ3v) is 1.96. The summed E-state index contributed by atoms with van der Waals surface area (Å²) < 4.78 is 0. The van der Waals surface area contributed by atoms with E-state index in [1.807, 2.05) is 6.07 Å². The van der Waals surface area contributed by atoms with Crippen LogP contribution in [0, 0.1) is 11.3 Å². The third kappa shape index (κ3) is 1.55. The Labute approximate surface area is 70.5 Å². The molecule has 1 aliphatic heterocycles. The van der Waals surface area contributed by atoms with Crippen LogP contribution in [0.5, 0.6) is 0 Å². The largest absolute Gasteiger partial charge is 0.339 e. The Morgan fingerprint density at radius 1 is 1.82 bits per heavy atom. The van der Waals surface area contributed by atoms with Gasteiger partial charge in [-0.25, -0.2) is 0 Å². The summed E-state index contributed by atoms with van der Waals surface area (Å²) in [4.78, 5) is 10.8. The lowest BCUT2D eigenvalue weighted by atomic mass is 10.0. The normalized spacial score (nSPS) is 24.5. The fourth-order valence-corrected chi connectivity index (χ4v) is 1.42. The van der Waals surface area contributed by atoms with Gasteiger partial charge in [0.15, 0.2) is 0 Å². The van der Waals surface area contributed by atoms with Gasteiger partial charge in [-0.2, -0.15) is 5.26 Å². The maximum atomic E-state index is 10.8. The second-order valence-electron chi connectivity index (χ2n) is 2.45. The molecule has 0 radical (unpaired) electrons. The molecule has 0 saturated heterocycles. The van der Waals surface area contributed by atoms with Gasteiger partial charge >= 0.3 is 0 Å². The first kappa shape index (κ1) is 8.15. The zero-order valence-electron chi connectivity index (χ0n) is 6.09. The summed E-state index contributed by atoms with van der Waals surface area (Å²) >= 11 is 4.04. The van der Waals surface area contributed by atoms with E-state index in [0.29, 0.717) is 12.0 Å². The fourth-order valence-electron chi connectivity index (χ4n) is 1.00. The minimum atomic E-state index is -0.416. The number of hydrogen-bond acceptors (Lipinski definition) is 3. The first-order valence-corrected chi connectivity index (χ1v) is 3.74. The zero-order valence-corrected chi connectivity index (χ0v) is 6.98. The van der Waals surface area contributed by atoms with E-state index in [-0.39, 0.29) is 5.91 Å². The second-order valence-corrected chi connectivity index (χ2v) is 2.97. The molecule has 1 atom stereocenters. The van der Waals surface area contributed by atoms with Crippen LogP contribution in [0.4, 0.5) is 0 Å². The highest BCUT2D eigenvalue weighted by Crippen LogP contribution is 2.18. The number of thiol groups is 1. The molecule has 0 aromatic carbocycles. The van der Waals surface area contributed by atoms with Gasteiger partial charge in [0.25, 0.3) is 0 Å². The summed E-state index contributed by atoms with van der Waals surface area (Å²) in [6, 6.07) is 2.01. The zero-order chi connectivity index (χ0) is 8.43. The highest BCUT2D eigenvalue weighted by molar-refractivity contribution is 7.81. The van der Waals surface area contributed by atoms with Crippen molar-refractivity contribution < 1.29 is 4.79 Å². The van der Waals surface area contributed by atoms with E-state index >= 15 is 0 Å². The monoisotopic (exact) mass is 168 g/mol. The summed E-state index contributed by atoms with van der Waals surface area (Å²) in [5.74, 6) is -0.0681. The molecule has 0 fully saturated rings. The molecule has 58 valence electrons. The number of rotatable bonds is 0. The maximum absolute atomic E-state index is 10.8. The summed E-state index contributed by atoms with van der Waals surface area (Å²) in [6.45, 7) is 1.78. The van der Waals surface area contributed by atoms with Crippen molar-refractivity contribution in [3.05, 3.63) is 11.1 Å². The van der Waals surface area contributed by atoms with Gasteiger partial charge in [0.1, 0.15) is 5.37 Å². The molecule has 0 unspecified atom stereocenters. The smallest absolute Gasteiger partial charge is 0.225 e. The number of hydrogen-bond donors (Lipinski definition) is 2. The summed E-state index contributed by atoms with van der Waals surface area (Å²) in [5, 5.41) is 10.8. The number of nitrogens with zero attached hydrogens (tertiary/aromatic N) is 1. The quantitative estimate of drug-likeness (QED) is 0.520. The molecule has 11 heavy (non-hydrogen) atoms. The van der Waals surface area contributed by atoms with E-state index in [1.165, 1.54) is 0 Å². The number of carbonyl (C=O) groups excluding carboxylic acids is 1. The van der Waals surface area contributed by atoms with Gasteiger partial charge in [-0.1, -0.05) is 0 Å². The molecule has 1 heterocycles. The molecule has 0 aromatic rings. The Hall–Kier alpha value is -0.950. The standard InChI is InChI=1S/C7H8N2OS/c1-4-2-6(10)9-7(11)5(4)3-8/h7,11H,2H2,1H3,(H,9,10)/t7-/m0/s1. The molecule has 0 saturated carbocycles. The van der Waals surface area contributed by atoms with E-state index < -0.39 is 5.37 Å². The Morgan fingerprint density at radius 2 is 2.45 bits per heavy atom.